The fourth-order valence-corrected chi connectivity index (χ4v) is 3.18. The van der Waals surface area contributed by atoms with Crippen molar-refractivity contribution in [2.75, 3.05) is 11.9 Å². The van der Waals surface area contributed by atoms with Crippen LogP contribution in [0.15, 0.2) is 47.1 Å². The van der Waals surface area contributed by atoms with Gasteiger partial charge in [-0.1, -0.05) is 18.2 Å². The van der Waals surface area contributed by atoms with E-state index >= 15 is 0 Å². The molecule has 7 nitrogen and oxygen atoms in total. The third-order valence-electron chi connectivity index (χ3n) is 4.52. The fourth-order valence-electron chi connectivity index (χ4n) is 3.18. The summed E-state index contributed by atoms with van der Waals surface area (Å²) >= 11 is 0. The summed E-state index contributed by atoms with van der Waals surface area (Å²) in [6, 6.07) is 9.18. The van der Waals surface area contributed by atoms with Gasteiger partial charge in [-0.2, -0.15) is 5.10 Å². The molecule has 0 aliphatic carbocycles. The molecule has 2 amide bonds. The first-order valence-electron chi connectivity index (χ1n) is 8.87. The predicted octanol–water partition coefficient (Wildman–Crippen LogP) is 3.69. The number of carbonyl (C=O) groups is 1. The number of carbonyl (C=O) groups excluding carboxylic acids is 1. The molecule has 4 rings (SSSR count). The van der Waals surface area contributed by atoms with Crippen LogP contribution in [0.2, 0.25) is 0 Å². The number of nitrogens with one attached hydrogen (secondary N) is 2. The van der Waals surface area contributed by atoms with Crippen LogP contribution in [0, 0.1) is 0 Å². The van der Waals surface area contributed by atoms with Gasteiger partial charge in [-0.05, 0) is 31.9 Å². The lowest BCUT2D eigenvalue weighted by molar-refractivity contribution is 0.0940. The molecule has 1 aliphatic heterocycles. The van der Waals surface area contributed by atoms with E-state index in [1.54, 1.807) is 10.9 Å². The second-order valence-corrected chi connectivity index (χ2v) is 6.59. The summed E-state index contributed by atoms with van der Waals surface area (Å²) in [5.74, 6) is 0.718. The van der Waals surface area contributed by atoms with Crippen LogP contribution in [0.1, 0.15) is 31.6 Å². The summed E-state index contributed by atoms with van der Waals surface area (Å²) in [5.41, 5.74) is 1.46. The van der Waals surface area contributed by atoms with E-state index < -0.39 is 0 Å². The molecule has 2 aromatic heterocycles. The molecule has 1 fully saturated rings. The molecule has 2 N–H and O–H groups in total. The van der Waals surface area contributed by atoms with Gasteiger partial charge >= 0.3 is 6.03 Å². The molecule has 0 spiro atoms. The normalized spacial score (nSPS) is 18.1. The number of hydrogen-bond donors (Lipinski definition) is 2. The highest BCUT2D eigenvalue weighted by Gasteiger charge is 2.17. The number of urea groups is 1. The number of amides is 2. The summed E-state index contributed by atoms with van der Waals surface area (Å²) in [7, 11) is 0. The lowest BCUT2D eigenvalue weighted by Gasteiger charge is -2.11. The van der Waals surface area contributed by atoms with Gasteiger partial charge in [-0.25, -0.2) is 4.79 Å². The standard InChI is InChI=1S/C19H22N4O3/c1-13(18-9-14-5-2-3-7-17(14)26-18)21-19(24)22-15-10-20-23(11-15)12-16-6-4-8-25-16/h2-3,5,7,9-11,13,16H,4,6,8,12H2,1H3,(H2,21,22,24). The van der Waals surface area contributed by atoms with E-state index in [-0.39, 0.29) is 18.2 Å². The van der Waals surface area contributed by atoms with Gasteiger partial charge in [0.05, 0.1) is 30.6 Å². The van der Waals surface area contributed by atoms with Crippen molar-refractivity contribution < 1.29 is 13.9 Å². The summed E-state index contributed by atoms with van der Waals surface area (Å²) in [6.07, 6.45) is 5.81. The van der Waals surface area contributed by atoms with Crippen molar-refractivity contribution in [1.82, 2.24) is 15.1 Å². The van der Waals surface area contributed by atoms with Crippen molar-refractivity contribution in [2.45, 2.75) is 38.5 Å². The molecule has 0 bridgehead atoms. The van der Waals surface area contributed by atoms with E-state index in [0.717, 1.165) is 36.2 Å². The Morgan fingerprint density at radius 2 is 2.31 bits per heavy atom. The Hall–Kier alpha value is -2.80. The number of ether oxygens (including phenoxy) is 1. The first kappa shape index (κ1) is 16.7. The highest BCUT2D eigenvalue weighted by atomic mass is 16.5. The fraction of sp³-hybridized carbons (Fsp3) is 0.368. The zero-order valence-electron chi connectivity index (χ0n) is 14.6. The summed E-state index contributed by atoms with van der Waals surface area (Å²) in [5, 5.41) is 11.0. The molecule has 136 valence electrons. The molecule has 7 heteroatoms. The minimum Gasteiger partial charge on any atom is -0.459 e. The quantitative estimate of drug-likeness (QED) is 0.732. The zero-order chi connectivity index (χ0) is 17.9. The van der Waals surface area contributed by atoms with E-state index in [0.29, 0.717) is 12.2 Å². The lowest BCUT2D eigenvalue weighted by atomic mass is 10.2. The van der Waals surface area contributed by atoms with Crippen LogP contribution in [0.5, 0.6) is 0 Å². The van der Waals surface area contributed by atoms with Crippen LogP contribution < -0.4 is 10.6 Å². The Balaban J connectivity index is 1.33. The number of aromatic nitrogens is 2. The molecule has 0 radical (unpaired) electrons. The Kier molecular flexibility index (Phi) is 4.62. The SMILES string of the molecule is CC(NC(=O)Nc1cnn(CC2CCCO2)c1)c1cc2ccccc2o1. The first-order chi connectivity index (χ1) is 12.7. The van der Waals surface area contributed by atoms with Crippen LogP contribution >= 0.6 is 0 Å². The van der Waals surface area contributed by atoms with Gasteiger partial charge in [0.25, 0.3) is 0 Å². The number of hydrogen-bond acceptors (Lipinski definition) is 4. The molecule has 1 saturated heterocycles. The number of nitrogens with zero attached hydrogens (tertiary/aromatic N) is 2. The van der Waals surface area contributed by atoms with Crippen LogP contribution in [-0.4, -0.2) is 28.5 Å². The second-order valence-electron chi connectivity index (χ2n) is 6.59. The first-order valence-corrected chi connectivity index (χ1v) is 8.87. The molecule has 1 aliphatic rings. The molecular weight excluding hydrogens is 332 g/mol. The zero-order valence-corrected chi connectivity index (χ0v) is 14.6. The van der Waals surface area contributed by atoms with Gasteiger partial charge < -0.3 is 19.8 Å². The third kappa shape index (κ3) is 3.72. The third-order valence-corrected chi connectivity index (χ3v) is 4.52. The average Bonchev–Trinajstić information content (AvgIpc) is 3.35. The Bertz CT molecular complexity index is 862. The maximum absolute atomic E-state index is 12.2. The molecule has 0 saturated carbocycles. The van der Waals surface area contributed by atoms with Crippen LogP contribution in [0.4, 0.5) is 10.5 Å². The van der Waals surface area contributed by atoms with Crippen LogP contribution in [-0.2, 0) is 11.3 Å². The van der Waals surface area contributed by atoms with Gasteiger partial charge in [-0.3, -0.25) is 4.68 Å². The minimum absolute atomic E-state index is 0.213. The molecular formula is C19H22N4O3. The van der Waals surface area contributed by atoms with E-state index in [9.17, 15) is 4.79 Å². The predicted molar refractivity (Wildman–Crippen MR) is 98.0 cm³/mol. The van der Waals surface area contributed by atoms with Gasteiger partial charge in [0.15, 0.2) is 0 Å². The van der Waals surface area contributed by atoms with Crippen LogP contribution in [0.3, 0.4) is 0 Å². The summed E-state index contributed by atoms with van der Waals surface area (Å²) in [4.78, 5) is 12.2. The number of fused-ring (bicyclic) bond motifs is 1. The second kappa shape index (κ2) is 7.21. The van der Waals surface area contributed by atoms with Crippen molar-refractivity contribution in [1.29, 1.82) is 0 Å². The highest BCUT2D eigenvalue weighted by molar-refractivity contribution is 5.89. The van der Waals surface area contributed by atoms with E-state index in [4.69, 9.17) is 9.15 Å². The van der Waals surface area contributed by atoms with Gasteiger partial charge in [0.1, 0.15) is 11.3 Å². The maximum Gasteiger partial charge on any atom is 0.319 e. The molecule has 3 heterocycles. The van der Waals surface area contributed by atoms with Crippen molar-refractivity contribution in [3.05, 3.63) is 48.5 Å². The summed E-state index contributed by atoms with van der Waals surface area (Å²) in [6.45, 7) is 3.41. The number of para-hydroxylation sites is 1. The van der Waals surface area contributed by atoms with E-state index in [1.165, 1.54) is 0 Å². The molecule has 26 heavy (non-hydrogen) atoms. The van der Waals surface area contributed by atoms with Crippen LogP contribution in [0.25, 0.3) is 11.0 Å². The molecule has 2 unspecified atom stereocenters. The summed E-state index contributed by atoms with van der Waals surface area (Å²) < 4.78 is 13.2. The number of rotatable bonds is 5. The number of anilines is 1. The van der Waals surface area contributed by atoms with Crippen molar-refractivity contribution in [2.24, 2.45) is 0 Å². The largest absolute Gasteiger partial charge is 0.459 e. The maximum atomic E-state index is 12.2. The van der Waals surface area contributed by atoms with E-state index in [2.05, 4.69) is 15.7 Å². The van der Waals surface area contributed by atoms with Crippen molar-refractivity contribution >= 4 is 22.7 Å². The smallest absolute Gasteiger partial charge is 0.319 e. The Morgan fingerprint density at radius 3 is 3.12 bits per heavy atom. The topological polar surface area (TPSA) is 81.3 Å². The lowest BCUT2D eigenvalue weighted by Crippen LogP contribution is -2.30. The van der Waals surface area contributed by atoms with E-state index in [1.807, 2.05) is 43.5 Å². The monoisotopic (exact) mass is 354 g/mol. The van der Waals surface area contributed by atoms with Crippen molar-refractivity contribution in [3.63, 3.8) is 0 Å². The average molecular weight is 354 g/mol. The number of benzene rings is 1. The minimum atomic E-state index is -0.297. The molecule has 3 aromatic rings. The molecule has 2 atom stereocenters. The van der Waals surface area contributed by atoms with Crippen molar-refractivity contribution in [3.8, 4) is 0 Å². The Morgan fingerprint density at radius 1 is 1.42 bits per heavy atom. The van der Waals surface area contributed by atoms with Gasteiger partial charge in [-0.15, -0.1) is 0 Å². The highest BCUT2D eigenvalue weighted by Crippen LogP contribution is 2.23. The Labute approximate surface area is 151 Å². The van der Waals surface area contributed by atoms with Gasteiger partial charge in [0, 0.05) is 18.2 Å². The van der Waals surface area contributed by atoms with Gasteiger partial charge in [0.2, 0.25) is 0 Å². The number of furan rings is 1. The molecule has 1 aromatic carbocycles.